The molecule has 4 nitrogen and oxygen atoms in total. The summed E-state index contributed by atoms with van der Waals surface area (Å²) in [5, 5.41) is 9.26. The first kappa shape index (κ1) is 18.8. The third-order valence-electron chi connectivity index (χ3n) is 5.74. The summed E-state index contributed by atoms with van der Waals surface area (Å²) in [7, 11) is 0. The molecule has 1 fully saturated rings. The maximum Gasteiger partial charge on any atom is 0.139 e. The minimum atomic E-state index is -0.748. The lowest BCUT2D eigenvalue weighted by molar-refractivity contribution is 0.269. The second-order valence-electron chi connectivity index (χ2n) is 7.60. The molecule has 0 unspecified atom stereocenters. The highest BCUT2D eigenvalue weighted by molar-refractivity contribution is 5.69. The summed E-state index contributed by atoms with van der Waals surface area (Å²) >= 11 is 0. The van der Waals surface area contributed by atoms with Gasteiger partial charge in [0.1, 0.15) is 17.3 Å². The lowest BCUT2D eigenvalue weighted by atomic mass is 10.0. The third kappa shape index (κ3) is 3.23. The van der Waals surface area contributed by atoms with E-state index < -0.39 is 18.2 Å². The van der Waals surface area contributed by atoms with Gasteiger partial charge in [-0.3, -0.25) is 0 Å². The van der Waals surface area contributed by atoms with Crippen molar-refractivity contribution in [2.24, 2.45) is 0 Å². The summed E-state index contributed by atoms with van der Waals surface area (Å²) in [4.78, 5) is 7.06. The number of rotatable bonds is 4. The number of hydrogen-bond donors (Lipinski definition) is 1. The standard InChI is InChI=1S/C24H21F2N3O/c25-21-9-8-19(24(26)20(21)15-30)17-5-10-23-27-22(14-29(23)13-17)16-3-6-18(7-4-16)28-11-1-2-12-28/h3-10,13-14,30H,1-2,11-12,15H2. The predicted octanol–water partition coefficient (Wildman–Crippen LogP) is 5.04. The molecule has 5 rings (SSSR count). The van der Waals surface area contributed by atoms with Crippen molar-refractivity contribution in [2.75, 3.05) is 18.0 Å². The minimum absolute atomic E-state index is 0.243. The van der Waals surface area contributed by atoms with E-state index in [0.717, 1.165) is 30.0 Å². The van der Waals surface area contributed by atoms with Crippen LogP contribution >= 0.6 is 0 Å². The number of hydrogen-bond acceptors (Lipinski definition) is 3. The normalized spacial score (nSPS) is 14.0. The van der Waals surface area contributed by atoms with Crippen LogP contribution in [0.2, 0.25) is 0 Å². The van der Waals surface area contributed by atoms with Gasteiger partial charge in [-0.05, 0) is 49.2 Å². The number of aromatic nitrogens is 2. The average Bonchev–Trinajstić information content (AvgIpc) is 3.44. The van der Waals surface area contributed by atoms with Crippen LogP contribution in [0.1, 0.15) is 18.4 Å². The maximum absolute atomic E-state index is 14.6. The minimum Gasteiger partial charge on any atom is -0.391 e. The molecule has 6 heteroatoms. The highest BCUT2D eigenvalue weighted by atomic mass is 19.1. The quantitative estimate of drug-likeness (QED) is 0.517. The first-order valence-corrected chi connectivity index (χ1v) is 10.1. The third-order valence-corrected chi connectivity index (χ3v) is 5.74. The first-order chi connectivity index (χ1) is 14.6. The van der Waals surface area contributed by atoms with Crippen molar-refractivity contribution in [1.29, 1.82) is 0 Å². The molecular weight excluding hydrogens is 384 g/mol. The van der Waals surface area contributed by atoms with E-state index in [1.165, 1.54) is 30.7 Å². The molecule has 0 radical (unpaired) electrons. The van der Waals surface area contributed by atoms with E-state index in [-0.39, 0.29) is 11.1 Å². The molecule has 30 heavy (non-hydrogen) atoms. The van der Waals surface area contributed by atoms with Crippen molar-refractivity contribution < 1.29 is 13.9 Å². The van der Waals surface area contributed by atoms with Crippen LogP contribution in [0.4, 0.5) is 14.5 Å². The smallest absolute Gasteiger partial charge is 0.139 e. The molecule has 0 aliphatic carbocycles. The van der Waals surface area contributed by atoms with Crippen LogP contribution < -0.4 is 4.90 Å². The van der Waals surface area contributed by atoms with Crippen molar-refractivity contribution in [2.45, 2.75) is 19.4 Å². The van der Waals surface area contributed by atoms with Gasteiger partial charge >= 0.3 is 0 Å². The molecule has 0 saturated carbocycles. The fourth-order valence-electron chi connectivity index (χ4n) is 4.07. The zero-order valence-electron chi connectivity index (χ0n) is 16.4. The Morgan fingerprint density at radius 3 is 2.33 bits per heavy atom. The Morgan fingerprint density at radius 2 is 1.60 bits per heavy atom. The van der Waals surface area contributed by atoms with Gasteiger partial charge in [-0.15, -0.1) is 0 Å². The summed E-state index contributed by atoms with van der Waals surface area (Å²) in [6.07, 6.45) is 6.15. The van der Waals surface area contributed by atoms with Gasteiger partial charge in [0.15, 0.2) is 0 Å². The molecular formula is C24H21F2N3O. The lowest BCUT2D eigenvalue weighted by Crippen LogP contribution is -2.17. The monoisotopic (exact) mass is 405 g/mol. The Kier molecular flexibility index (Phi) is 4.71. The molecule has 2 aromatic heterocycles. The largest absolute Gasteiger partial charge is 0.391 e. The van der Waals surface area contributed by atoms with Gasteiger partial charge in [0, 0.05) is 53.4 Å². The number of aliphatic hydroxyl groups excluding tert-OH is 1. The van der Waals surface area contributed by atoms with Crippen LogP contribution in [0.25, 0.3) is 28.0 Å². The van der Waals surface area contributed by atoms with Crippen LogP contribution in [0, 0.1) is 11.6 Å². The van der Waals surface area contributed by atoms with Crippen molar-refractivity contribution in [3.05, 3.63) is 78.1 Å². The Labute approximate surface area is 173 Å². The van der Waals surface area contributed by atoms with E-state index in [9.17, 15) is 13.9 Å². The van der Waals surface area contributed by atoms with Crippen molar-refractivity contribution in [3.8, 4) is 22.4 Å². The molecule has 0 spiro atoms. The van der Waals surface area contributed by atoms with Crippen LogP contribution in [0.3, 0.4) is 0 Å². The molecule has 152 valence electrons. The fourth-order valence-corrected chi connectivity index (χ4v) is 4.07. The molecule has 1 aliphatic rings. The molecule has 1 N–H and O–H groups in total. The highest BCUT2D eigenvalue weighted by Crippen LogP contribution is 2.29. The summed E-state index contributed by atoms with van der Waals surface area (Å²) in [5.74, 6) is -1.49. The number of nitrogens with zero attached hydrogens (tertiary/aromatic N) is 3. The second kappa shape index (κ2) is 7.54. The Balaban J connectivity index is 1.49. The van der Waals surface area contributed by atoms with Gasteiger partial charge in [-0.25, -0.2) is 13.8 Å². The summed E-state index contributed by atoms with van der Waals surface area (Å²) in [6.45, 7) is 1.53. The number of anilines is 1. The molecule has 0 bridgehead atoms. The predicted molar refractivity (Wildman–Crippen MR) is 113 cm³/mol. The van der Waals surface area contributed by atoms with E-state index in [1.807, 2.05) is 10.6 Å². The van der Waals surface area contributed by atoms with Crippen molar-refractivity contribution >= 4 is 11.3 Å². The number of benzene rings is 2. The van der Waals surface area contributed by atoms with E-state index in [1.54, 1.807) is 18.3 Å². The van der Waals surface area contributed by atoms with Crippen LogP contribution in [-0.2, 0) is 6.61 Å². The van der Waals surface area contributed by atoms with Crippen molar-refractivity contribution in [3.63, 3.8) is 0 Å². The second-order valence-corrected chi connectivity index (χ2v) is 7.60. The number of imidazole rings is 1. The van der Waals surface area contributed by atoms with Crippen molar-refractivity contribution in [1.82, 2.24) is 9.38 Å². The van der Waals surface area contributed by atoms with Gasteiger partial charge < -0.3 is 14.4 Å². The van der Waals surface area contributed by atoms with E-state index in [4.69, 9.17) is 0 Å². The summed E-state index contributed by atoms with van der Waals surface area (Å²) < 4.78 is 30.2. The van der Waals surface area contributed by atoms with E-state index in [2.05, 4.69) is 34.1 Å². The number of aliphatic hydroxyl groups is 1. The van der Waals surface area contributed by atoms with Crippen LogP contribution in [0.5, 0.6) is 0 Å². The highest BCUT2D eigenvalue weighted by Gasteiger charge is 2.16. The topological polar surface area (TPSA) is 40.8 Å². The number of halogens is 2. The molecule has 4 aromatic rings. The SMILES string of the molecule is OCc1c(F)ccc(-c2ccc3nc(-c4ccc(N5CCCC5)cc4)cn3c2)c1F. The zero-order chi connectivity index (χ0) is 20.7. The summed E-state index contributed by atoms with van der Waals surface area (Å²) in [5.41, 5.74) is 4.32. The van der Waals surface area contributed by atoms with Crippen LogP contribution in [-0.4, -0.2) is 27.6 Å². The van der Waals surface area contributed by atoms with E-state index >= 15 is 0 Å². The fraction of sp³-hybridized carbons (Fsp3) is 0.208. The molecule has 2 aromatic carbocycles. The van der Waals surface area contributed by atoms with Gasteiger partial charge in [-0.1, -0.05) is 12.1 Å². The average molecular weight is 405 g/mol. The summed E-state index contributed by atoms with van der Waals surface area (Å²) in [6, 6.07) is 14.5. The van der Waals surface area contributed by atoms with Gasteiger partial charge in [-0.2, -0.15) is 0 Å². The van der Waals surface area contributed by atoms with Gasteiger partial charge in [0.25, 0.3) is 0 Å². The zero-order valence-corrected chi connectivity index (χ0v) is 16.4. The molecule has 1 saturated heterocycles. The number of fused-ring (bicyclic) bond motifs is 1. The Hall–Kier alpha value is -3.25. The van der Waals surface area contributed by atoms with E-state index in [0.29, 0.717) is 5.56 Å². The molecule has 0 atom stereocenters. The van der Waals surface area contributed by atoms with Crippen LogP contribution in [0.15, 0.2) is 60.9 Å². The molecule has 3 heterocycles. The Bertz CT molecular complexity index is 1210. The Morgan fingerprint density at radius 1 is 0.867 bits per heavy atom. The maximum atomic E-state index is 14.6. The first-order valence-electron chi connectivity index (χ1n) is 10.1. The molecule has 0 amide bonds. The van der Waals surface area contributed by atoms with Gasteiger partial charge in [0.2, 0.25) is 0 Å². The van der Waals surface area contributed by atoms with Gasteiger partial charge in [0.05, 0.1) is 12.3 Å². The molecule has 1 aliphatic heterocycles. The lowest BCUT2D eigenvalue weighted by Gasteiger charge is -2.17. The number of pyridine rings is 1.